The SMILES string of the molecule is Cc1cc2c(N3CCCC3CO)nccn2n1. The molecule has 1 saturated heterocycles. The van der Waals surface area contributed by atoms with Crippen LogP contribution in [0.15, 0.2) is 18.5 Å². The first-order valence-corrected chi connectivity index (χ1v) is 5.98. The van der Waals surface area contributed by atoms with E-state index < -0.39 is 0 Å². The lowest BCUT2D eigenvalue weighted by atomic mass is 10.2. The second-order valence-corrected chi connectivity index (χ2v) is 4.54. The Morgan fingerprint density at radius 1 is 1.53 bits per heavy atom. The van der Waals surface area contributed by atoms with Crippen LogP contribution in [0, 0.1) is 6.92 Å². The molecule has 90 valence electrons. The molecule has 17 heavy (non-hydrogen) atoms. The molecular weight excluding hydrogens is 216 g/mol. The summed E-state index contributed by atoms with van der Waals surface area (Å²) in [5.74, 6) is 0.935. The van der Waals surface area contributed by atoms with E-state index in [9.17, 15) is 5.11 Å². The highest BCUT2D eigenvalue weighted by Crippen LogP contribution is 2.27. The van der Waals surface area contributed by atoms with E-state index >= 15 is 0 Å². The summed E-state index contributed by atoms with van der Waals surface area (Å²) in [7, 11) is 0. The molecular formula is C12H16N4O. The standard InChI is InChI=1S/C12H16N4O/c1-9-7-11-12(13-4-6-16(11)14-9)15-5-2-3-10(15)8-17/h4,6-7,10,17H,2-3,5,8H2,1H3. The Morgan fingerprint density at radius 3 is 3.24 bits per heavy atom. The number of rotatable bonds is 2. The van der Waals surface area contributed by atoms with Gasteiger partial charge in [0, 0.05) is 18.9 Å². The van der Waals surface area contributed by atoms with Gasteiger partial charge >= 0.3 is 0 Å². The van der Waals surface area contributed by atoms with Crippen LogP contribution in [0.3, 0.4) is 0 Å². The lowest BCUT2D eigenvalue weighted by Crippen LogP contribution is -2.33. The summed E-state index contributed by atoms with van der Waals surface area (Å²) in [4.78, 5) is 6.65. The normalized spacial score (nSPS) is 20.4. The lowest BCUT2D eigenvalue weighted by molar-refractivity contribution is 0.266. The second kappa shape index (κ2) is 4.00. The van der Waals surface area contributed by atoms with Crippen LogP contribution < -0.4 is 4.90 Å². The summed E-state index contributed by atoms with van der Waals surface area (Å²) in [6.45, 7) is 3.13. The number of aliphatic hydroxyl groups is 1. The molecule has 3 heterocycles. The molecule has 0 aliphatic carbocycles. The van der Waals surface area contributed by atoms with Crippen molar-refractivity contribution in [1.82, 2.24) is 14.6 Å². The van der Waals surface area contributed by atoms with Crippen LogP contribution in [-0.2, 0) is 0 Å². The van der Waals surface area contributed by atoms with Gasteiger partial charge in [-0.15, -0.1) is 0 Å². The van der Waals surface area contributed by atoms with E-state index in [-0.39, 0.29) is 12.6 Å². The number of hydrogen-bond donors (Lipinski definition) is 1. The minimum atomic E-state index is 0.190. The Hall–Kier alpha value is -1.62. The molecule has 0 aromatic carbocycles. The molecule has 5 nitrogen and oxygen atoms in total. The highest BCUT2D eigenvalue weighted by molar-refractivity contribution is 5.69. The molecule has 0 radical (unpaired) electrons. The van der Waals surface area contributed by atoms with E-state index in [4.69, 9.17) is 0 Å². The number of aromatic nitrogens is 3. The molecule has 1 aliphatic rings. The Kier molecular flexibility index (Phi) is 2.48. The fourth-order valence-electron chi connectivity index (χ4n) is 2.56. The highest BCUT2D eigenvalue weighted by Gasteiger charge is 2.26. The van der Waals surface area contributed by atoms with Crippen molar-refractivity contribution in [3.05, 3.63) is 24.2 Å². The Bertz CT molecular complexity index is 536. The number of fused-ring (bicyclic) bond motifs is 1. The maximum Gasteiger partial charge on any atom is 0.155 e. The molecule has 0 saturated carbocycles. The molecule has 1 aliphatic heterocycles. The predicted molar refractivity (Wildman–Crippen MR) is 65.2 cm³/mol. The van der Waals surface area contributed by atoms with Crippen molar-refractivity contribution in [2.75, 3.05) is 18.1 Å². The second-order valence-electron chi connectivity index (χ2n) is 4.54. The maximum absolute atomic E-state index is 9.38. The van der Waals surface area contributed by atoms with Crippen molar-refractivity contribution >= 4 is 11.3 Å². The van der Waals surface area contributed by atoms with Gasteiger partial charge < -0.3 is 10.0 Å². The largest absolute Gasteiger partial charge is 0.394 e. The quantitative estimate of drug-likeness (QED) is 0.839. The summed E-state index contributed by atoms with van der Waals surface area (Å²) in [6, 6.07) is 2.23. The van der Waals surface area contributed by atoms with E-state index in [0.29, 0.717) is 0 Å². The Labute approximate surface area is 99.7 Å². The zero-order chi connectivity index (χ0) is 11.8. The van der Waals surface area contributed by atoms with Gasteiger partial charge in [0.25, 0.3) is 0 Å². The summed E-state index contributed by atoms with van der Waals surface area (Å²) in [6.07, 6.45) is 5.77. The lowest BCUT2D eigenvalue weighted by Gasteiger charge is -2.24. The number of anilines is 1. The third-order valence-corrected chi connectivity index (χ3v) is 3.35. The molecule has 1 atom stereocenters. The van der Waals surface area contributed by atoms with Gasteiger partial charge in [-0.25, -0.2) is 9.50 Å². The van der Waals surface area contributed by atoms with E-state index in [1.807, 2.05) is 23.7 Å². The summed E-state index contributed by atoms with van der Waals surface area (Å²) < 4.78 is 1.85. The summed E-state index contributed by atoms with van der Waals surface area (Å²) in [5, 5.41) is 13.8. The molecule has 3 rings (SSSR count). The van der Waals surface area contributed by atoms with E-state index in [1.54, 1.807) is 6.20 Å². The van der Waals surface area contributed by atoms with Crippen LogP contribution in [0.5, 0.6) is 0 Å². The predicted octanol–water partition coefficient (Wildman–Crippen LogP) is 0.999. The van der Waals surface area contributed by atoms with E-state index in [1.165, 1.54) is 0 Å². The van der Waals surface area contributed by atoms with E-state index in [2.05, 4.69) is 15.0 Å². The van der Waals surface area contributed by atoms with Gasteiger partial charge in [-0.05, 0) is 25.8 Å². The van der Waals surface area contributed by atoms with Gasteiger partial charge in [0.15, 0.2) is 5.82 Å². The van der Waals surface area contributed by atoms with Crippen molar-refractivity contribution in [3.63, 3.8) is 0 Å². The van der Waals surface area contributed by atoms with Gasteiger partial charge in [0.05, 0.1) is 18.3 Å². The van der Waals surface area contributed by atoms with Crippen molar-refractivity contribution in [3.8, 4) is 0 Å². The number of nitrogens with zero attached hydrogens (tertiary/aromatic N) is 4. The highest BCUT2D eigenvalue weighted by atomic mass is 16.3. The third kappa shape index (κ3) is 1.67. The van der Waals surface area contributed by atoms with Crippen LogP contribution >= 0.6 is 0 Å². The van der Waals surface area contributed by atoms with Gasteiger partial charge in [0.2, 0.25) is 0 Å². The molecule has 1 N–H and O–H groups in total. The average molecular weight is 232 g/mol. The fourth-order valence-corrected chi connectivity index (χ4v) is 2.56. The molecule has 1 unspecified atom stereocenters. The van der Waals surface area contributed by atoms with E-state index in [0.717, 1.165) is 36.4 Å². The monoisotopic (exact) mass is 232 g/mol. The first-order chi connectivity index (χ1) is 8.29. The summed E-state index contributed by atoms with van der Waals surface area (Å²) in [5.41, 5.74) is 2.00. The minimum absolute atomic E-state index is 0.190. The average Bonchev–Trinajstić information content (AvgIpc) is 2.92. The van der Waals surface area contributed by atoms with Gasteiger partial charge in [0.1, 0.15) is 5.52 Å². The van der Waals surface area contributed by atoms with Gasteiger partial charge in [-0.1, -0.05) is 0 Å². The van der Waals surface area contributed by atoms with Crippen molar-refractivity contribution in [2.24, 2.45) is 0 Å². The Morgan fingerprint density at radius 2 is 2.41 bits per heavy atom. The van der Waals surface area contributed by atoms with Crippen LogP contribution in [0.25, 0.3) is 5.52 Å². The van der Waals surface area contributed by atoms with Gasteiger partial charge in [-0.2, -0.15) is 5.10 Å². The first-order valence-electron chi connectivity index (χ1n) is 5.98. The van der Waals surface area contributed by atoms with Crippen molar-refractivity contribution in [2.45, 2.75) is 25.8 Å². The summed E-state index contributed by atoms with van der Waals surface area (Å²) >= 11 is 0. The number of aliphatic hydroxyl groups excluding tert-OH is 1. The molecule has 5 heteroatoms. The topological polar surface area (TPSA) is 53.7 Å². The Balaban J connectivity index is 2.10. The molecule has 2 aromatic rings. The van der Waals surface area contributed by atoms with Crippen LogP contribution in [0.1, 0.15) is 18.5 Å². The van der Waals surface area contributed by atoms with Crippen LogP contribution in [-0.4, -0.2) is 38.9 Å². The minimum Gasteiger partial charge on any atom is -0.394 e. The molecule has 0 spiro atoms. The zero-order valence-electron chi connectivity index (χ0n) is 9.87. The van der Waals surface area contributed by atoms with Crippen LogP contribution in [0.2, 0.25) is 0 Å². The number of aryl methyl sites for hydroxylation is 1. The first kappa shape index (κ1) is 10.5. The maximum atomic E-state index is 9.38. The van der Waals surface area contributed by atoms with Crippen LogP contribution in [0.4, 0.5) is 5.82 Å². The van der Waals surface area contributed by atoms with Crippen molar-refractivity contribution in [1.29, 1.82) is 0 Å². The third-order valence-electron chi connectivity index (χ3n) is 3.35. The van der Waals surface area contributed by atoms with Gasteiger partial charge in [-0.3, -0.25) is 0 Å². The molecule has 0 amide bonds. The zero-order valence-corrected chi connectivity index (χ0v) is 9.87. The fraction of sp³-hybridized carbons (Fsp3) is 0.500. The molecule has 2 aromatic heterocycles. The molecule has 1 fully saturated rings. The molecule has 0 bridgehead atoms. The smallest absolute Gasteiger partial charge is 0.155 e. The number of hydrogen-bond acceptors (Lipinski definition) is 4. The van der Waals surface area contributed by atoms with Crippen molar-refractivity contribution < 1.29 is 5.11 Å².